The molecular formula is C30H41N3O5. The van der Waals surface area contributed by atoms with Crippen molar-refractivity contribution in [3.8, 4) is 11.5 Å². The smallest absolute Gasteiger partial charge is 0.311 e. The summed E-state index contributed by atoms with van der Waals surface area (Å²) in [6.45, 7) is 11.0. The highest BCUT2D eigenvalue weighted by molar-refractivity contribution is 5.76. The molecule has 0 atom stereocenters. The van der Waals surface area contributed by atoms with Gasteiger partial charge in [0.1, 0.15) is 11.9 Å². The third kappa shape index (κ3) is 7.04. The molecule has 2 fully saturated rings. The Hall–Kier alpha value is -3.13. The van der Waals surface area contributed by atoms with Crippen LogP contribution < -0.4 is 9.47 Å². The third-order valence-corrected chi connectivity index (χ3v) is 7.92. The zero-order valence-corrected chi connectivity index (χ0v) is 23.2. The molecule has 2 aromatic rings. The molecule has 0 bridgehead atoms. The van der Waals surface area contributed by atoms with Crippen molar-refractivity contribution in [1.29, 1.82) is 0 Å². The standard InChI is InChI=1S/C30H41N3O5/c1-30(2,3)24-7-5-22(6-8-24)23-11-16-31(17-12-23)18-15-29(34)32-19-13-25(14-20-32)38-26-9-10-27(33(35)36)28(21-26)37-4/h5-10,21,23,25H,11-20H2,1-4H3. The molecule has 0 radical (unpaired) electrons. The average molecular weight is 524 g/mol. The first-order valence-corrected chi connectivity index (χ1v) is 13.7. The molecule has 8 heteroatoms. The molecule has 0 N–H and O–H groups in total. The predicted molar refractivity (Wildman–Crippen MR) is 148 cm³/mol. The summed E-state index contributed by atoms with van der Waals surface area (Å²) in [5.41, 5.74) is 2.91. The number of nitro benzene ring substituents is 1. The van der Waals surface area contributed by atoms with Gasteiger partial charge in [0.25, 0.3) is 0 Å². The number of nitrogens with zero attached hydrogens (tertiary/aromatic N) is 3. The van der Waals surface area contributed by atoms with Crippen molar-refractivity contribution in [2.24, 2.45) is 0 Å². The van der Waals surface area contributed by atoms with Gasteiger partial charge in [-0.15, -0.1) is 0 Å². The van der Waals surface area contributed by atoms with E-state index < -0.39 is 4.92 Å². The highest BCUT2D eigenvalue weighted by Gasteiger charge is 2.26. The first kappa shape index (κ1) is 27.9. The van der Waals surface area contributed by atoms with E-state index in [1.807, 2.05) is 4.90 Å². The monoisotopic (exact) mass is 523 g/mol. The minimum absolute atomic E-state index is 0.0262. The summed E-state index contributed by atoms with van der Waals surface area (Å²) in [6, 6.07) is 13.7. The minimum Gasteiger partial charge on any atom is -0.490 e. The van der Waals surface area contributed by atoms with E-state index in [9.17, 15) is 14.9 Å². The van der Waals surface area contributed by atoms with Crippen LogP contribution in [0.1, 0.15) is 69.9 Å². The Kier molecular flexibility index (Phi) is 8.92. The summed E-state index contributed by atoms with van der Waals surface area (Å²) >= 11 is 0. The van der Waals surface area contributed by atoms with Gasteiger partial charge in [-0.3, -0.25) is 14.9 Å². The molecule has 0 unspecified atom stereocenters. The average Bonchev–Trinajstić information content (AvgIpc) is 2.92. The maximum absolute atomic E-state index is 12.9. The fourth-order valence-corrected chi connectivity index (χ4v) is 5.45. The van der Waals surface area contributed by atoms with Crippen molar-refractivity contribution in [2.75, 3.05) is 39.8 Å². The number of rotatable bonds is 8. The first-order valence-electron chi connectivity index (χ1n) is 13.7. The predicted octanol–water partition coefficient (Wildman–Crippen LogP) is 5.54. The van der Waals surface area contributed by atoms with Crippen molar-refractivity contribution < 1.29 is 19.2 Å². The van der Waals surface area contributed by atoms with Crippen LogP contribution in [0.5, 0.6) is 11.5 Å². The van der Waals surface area contributed by atoms with Gasteiger partial charge in [-0.25, -0.2) is 0 Å². The lowest BCUT2D eigenvalue weighted by atomic mass is 9.84. The molecule has 4 rings (SSSR count). The van der Waals surface area contributed by atoms with Crippen LogP contribution in [-0.2, 0) is 10.2 Å². The van der Waals surface area contributed by atoms with E-state index >= 15 is 0 Å². The molecule has 206 valence electrons. The van der Waals surface area contributed by atoms with Crippen LogP contribution in [0.15, 0.2) is 42.5 Å². The molecule has 2 aliphatic heterocycles. The van der Waals surface area contributed by atoms with Gasteiger partial charge in [0.15, 0.2) is 0 Å². The second kappa shape index (κ2) is 12.2. The van der Waals surface area contributed by atoms with Crippen molar-refractivity contribution in [3.63, 3.8) is 0 Å². The SMILES string of the molecule is COc1cc(OC2CCN(C(=O)CCN3CCC(c4ccc(C(C)(C)C)cc4)CC3)CC2)ccc1[N+](=O)[O-]. The van der Waals surface area contributed by atoms with Crippen LogP contribution in [0, 0.1) is 10.1 Å². The van der Waals surface area contributed by atoms with Gasteiger partial charge >= 0.3 is 5.69 Å². The van der Waals surface area contributed by atoms with Gasteiger partial charge in [0.2, 0.25) is 11.7 Å². The molecule has 2 saturated heterocycles. The van der Waals surface area contributed by atoms with Gasteiger partial charge in [-0.05, 0) is 54.5 Å². The van der Waals surface area contributed by atoms with E-state index in [1.165, 1.54) is 24.3 Å². The molecule has 0 saturated carbocycles. The highest BCUT2D eigenvalue weighted by Crippen LogP contribution is 2.33. The molecule has 38 heavy (non-hydrogen) atoms. The van der Waals surface area contributed by atoms with E-state index in [4.69, 9.17) is 9.47 Å². The maximum Gasteiger partial charge on any atom is 0.311 e. The number of nitro groups is 1. The van der Waals surface area contributed by atoms with Gasteiger partial charge in [0, 0.05) is 51.0 Å². The minimum atomic E-state index is -0.472. The second-order valence-corrected chi connectivity index (χ2v) is 11.5. The molecule has 2 heterocycles. The van der Waals surface area contributed by atoms with E-state index in [0.717, 1.165) is 45.3 Å². The van der Waals surface area contributed by atoms with Crippen molar-refractivity contribution in [3.05, 3.63) is 63.7 Å². The van der Waals surface area contributed by atoms with Gasteiger partial charge in [-0.1, -0.05) is 45.0 Å². The van der Waals surface area contributed by atoms with E-state index in [0.29, 0.717) is 31.2 Å². The van der Waals surface area contributed by atoms with E-state index in [-0.39, 0.29) is 28.9 Å². The summed E-state index contributed by atoms with van der Waals surface area (Å²) in [5.74, 6) is 1.54. The van der Waals surface area contributed by atoms with Crippen LogP contribution in [0.4, 0.5) is 5.69 Å². The molecule has 0 aliphatic carbocycles. The Morgan fingerprint density at radius 2 is 1.66 bits per heavy atom. The topological polar surface area (TPSA) is 85.2 Å². The number of methoxy groups -OCH3 is 1. The van der Waals surface area contributed by atoms with Crippen LogP contribution in [0.2, 0.25) is 0 Å². The number of amides is 1. The zero-order chi connectivity index (χ0) is 27.3. The van der Waals surface area contributed by atoms with E-state index in [2.05, 4.69) is 49.9 Å². The Balaban J connectivity index is 1.17. The number of hydrogen-bond acceptors (Lipinski definition) is 6. The lowest BCUT2D eigenvalue weighted by molar-refractivity contribution is -0.385. The molecule has 8 nitrogen and oxygen atoms in total. The van der Waals surface area contributed by atoms with Crippen LogP contribution >= 0.6 is 0 Å². The largest absolute Gasteiger partial charge is 0.490 e. The number of carbonyl (C=O) groups is 1. The Labute approximate surface area is 226 Å². The molecule has 2 aromatic carbocycles. The Bertz CT molecular complexity index is 1100. The van der Waals surface area contributed by atoms with Gasteiger partial charge in [0.05, 0.1) is 12.0 Å². The van der Waals surface area contributed by atoms with Crippen molar-refractivity contribution in [2.45, 2.75) is 70.3 Å². The van der Waals surface area contributed by atoms with Crippen LogP contribution in [-0.4, -0.2) is 66.6 Å². The zero-order valence-electron chi connectivity index (χ0n) is 23.2. The number of likely N-dealkylation sites (tertiary alicyclic amines) is 2. The summed E-state index contributed by atoms with van der Waals surface area (Å²) in [4.78, 5) is 27.9. The number of hydrogen-bond donors (Lipinski definition) is 0. The maximum atomic E-state index is 12.9. The van der Waals surface area contributed by atoms with Crippen LogP contribution in [0.25, 0.3) is 0 Å². The summed E-state index contributed by atoms with van der Waals surface area (Å²) in [7, 11) is 1.41. The number of carbonyl (C=O) groups excluding carboxylic acids is 1. The second-order valence-electron chi connectivity index (χ2n) is 11.5. The summed E-state index contributed by atoms with van der Waals surface area (Å²) in [6.07, 6.45) is 4.28. The van der Waals surface area contributed by atoms with Crippen molar-refractivity contribution in [1.82, 2.24) is 9.80 Å². The Morgan fingerprint density at radius 1 is 1.00 bits per heavy atom. The van der Waals surface area contributed by atoms with Gasteiger partial charge in [-0.2, -0.15) is 0 Å². The molecule has 0 spiro atoms. The summed E-state index contributed by atoms with van der Waals surface area (Å²) < 4.78 is 11.2. The fraction of sp³-hybridized carbons (Fsp3) is 0.567. The van der Waals surface area contributed by atoms with Crippen molar-refractivity contribution >= 4 is 11.6 Å². The van der Waals surface area contributed by atoms with Gasteiger partial charge < -0.3 is 19.3 Å². The third-order valence-electron chi connectivity index (χ3n) is 7.92. The van der Waals surface area contributed by atoms with Crippen LogP contribution in [0.3, 0.4) is 0 Å². The summed E-state index contributed by atoms with van der Waals surface area (Å²) in [5, 5.41) is 11.1. The highest BCUT2D eigenvalue weighted by atomic mass is 16.6. The van der Waals surface area contributed by atoms with E-state index in [1.54, 1.807) is 12.1 Å². The molecule has 1 amide bonds. The Morgan fingerprint density at radius 3 is 2.24 bits per heavy atom. The molecular weight excluding hydrogens is 482 g/mol. The first-order chi connectivity index (χ1) is 18.1. The number of piperidine rings is 2. The quantitative estimate of drug-likeness (QED) is 0.334. The molecule has 0 aromatic heterocycles. The fourth-order valence-electron chi connectivity index (χ4n) is 5.45. The molecule has 2 aliphatic rings. The normalized spacial score (nSPS) is 17.8. The number of benzene rings is 2. The lowest BCUT2D eigenvalue weighted by Crippen LogP contribution is -2.43. The number of ether oxygens (including phenoxy) is 2. The lowest BCUT2D eigenvalue weighted by Gasteiger charge is -2.34.